The van der Waals surface area contributed by atoms with Gasteiger partial charge in [0.05, 0.1) is 10.7 Å². The van der Waals surface area contributed by atoms with Crippen LogP contribution in [-0.4, -0.2) is 20.4 Å². The van der Waals surface area contributed by atoms with Crippen LogP contribution in [0.25, 0.3) is 0 Å². The fourth-order valence-corrected chi connectivity index (χ4v) is 4.48. The highest BCUT2D eigenvalue weighted by atomic mass is 35.5. The van der Waals surface area contributed by atoms with Gasteiger partial charge in [-0.25, -0.2) is 13.4 Å². The Morgan fingerprint density at radius 1 is 1.29 bits per heavy atom. The lowest BCUT2D eigenvalue weighted by Crippen LogP contribution is -2.15. The predicted octanol–water partition coefficient (Wildman–Crippen LogP) is 3.28. The van der Waals surface area contributed by atoms with Crippen LogP contribution >= 0.6 is 34.5 Å². The van der Waals surface area contributed by atoms with Crippen molar-refractivity contribution in [2.75, 3.05) is 11.8 Å². The molecule has 1 aromatic carbocycles. The second kappa shape index (κ2) is 6.50. The summed E-state index contributed by atoms with van der Waals surface area (Å²) in [6, 6.07) is 2.89. The van der Waals surface area contributed by atoms with Crippen LogP contribution in [0.1, 0.15) is 11.3 Å². The monoisotopic (exact) mass is 365 g/mol. The zero-order valence-corrected chi connectivity index (χ0v) is 14.4. The third-order valence-corrected chi connectivity index (χ3v) is 5.76. The summed E-state index contributed by atoms with van der Waals surface area (Å²) in [5.41, 5.74) is 1.40. The molecular formula is C12H13Cl2N3O2S2. The highest BCUT2D eigenvalue weighted by Crippen LogP contribution is 2.30. The zero-order valence-electron chi connectivity index (χ0n) is 11.3. The lowest BCUT2D eigenvalue weighted by molar-refractivity contribution is 0.601. The molecule has 0 fully saturated rings. The van der Waals surface area contributed by atoms with Gasteiger partial charge in [-0.05, 0) is 31.7 Å². The standard InChI is InChI=1S/C12H13Cl2N3O2S2/c1-7-6-20-12(16-7)17-21(18,19)11-3-8(5-15-2)9(13)4-10(11)14/h3-4,6,15H,5H2,1-2H3,(H,16,17). The van der Waals surface area contributed by atoms with Crippen molar-refractivity contribution in [1.82, 2.24) is 10.3 Å². The van der Waals surface area contributed by atoms with Gasteiger partial charge in [0.2, 0.25) is 0 Å². The molecule has 21 heavy (non-hydrogen) atoms. The molecule has 9 heteroatoms. The molecule has 1 heterocycles. The lowest BCUT2D eigenvalue weighted by atomic mass is 10.2. The Labute approximate surface area is 137 Å². The Morgan fingerprint density at radius 2 is 2.00 bits per heavy atom. The van der Waals surface area contributed by atoms with Crippen LogP contribution in [0.15, 0.2) is 22.4 Å². The van der Waals surface area contributed by atoms with Gasteiger partial charge in [-0.3, -0.25) is 4.72 Å². The zero-order chi connectivity index (χ0) is 15.6. The summed E-state index contributed by atoms with van der Waals surface area (Å²) in [6.45, 7) is 2.23. The second-order valence-electron chi connectivity index (χ2n) is 4.30. The quantitative estimate of drug-likeness (QED) is 0.852. The van der Waals surface area contributed by atoms with Crippen LogP contribution in [0.5, 0.6) is 0 Å². The molecule has 2 aromatic rings. The SMILES string of the molecule is CNCc1cc(S(=O)(=O)Nc2nc(C)cs2)c(Cl)cc1Cl. The Hall–Kier alpha value is -0.860. The molecular weight excluding hydrogens is 353 g/mol. The number of benzene rings is 1. The average Bonchev–Trinajstić information content (AvgIpc) is 2.77. The van der Waals surface area contributed by atoms with E-state index in [1.165, 1.54) is 23.5 Å². The average molecular weight is 366 g/mol. The van der Waals surface area contributed by atoms with E-state index in [2.05, 4.69) is 15.0 Å². The second-order valence-corrected chi connectivity index (χ2v) is 7.63. The number of halogens is 2. The van der Waals surface area contributed by atoms with E-state index in [0.29, 0.717) is 22.3 Å². The highest BCUT2D eigenvalue weighted by molar-refractivity contribution is 7.93. The minimum atomic E-state index is -3.81. The third-order valence-electron chi connectivity index (χ3n) is 2.60. The van der Waals surface area contributed by atoms with E-state index in [1.54, 1.807) is 19.4 Å². The third kappa shape index (κ3) is 3.87. The Morgan fingerprint density at radius 3 is 2.57 bits per heavy atom. The number of aromatic nitrogens is 1. The highest BCUT2D eigenvalue weighted by Gasteiger charge is 2.21. The summed E-state index contributed by atoms with van der Waals surface area (Å²) in [5, 5.41) is 5.47. The number of hydrogen-bond donors (Lipinski definition) is 2. The smallest absolute Gasteiger partial charge is 0.265 e. The van der Waals surface area contributed by atoms with E-state index in [1.807, 2.05) is 0 Å². The minimum Gasteiger partial charge on any atom is -0.316 e. The molecule has 0 radical (unpaired) electrons. The molecule has 114 valence electrons. The molecule has 0 aliphatic heterocycles. The maximum atomic E-state index is 12.4. The van der Waals surface area contributed by atoms with Gasteiger partial charge in [0.15, 0.2) is 5.13 Å². The van der Waals surface area contributed by atoms with Crippen molar-refractivity contribution in [3.05, 3.63) is 38.8 Å². The number of rotatable bonds is 5. The maximum absolute atomic E-state index is 12.4. The summed E-state index contributed by atoms with van der Waals surface area (Å²) in [6.07, 6.45) is 0. The largest absolute Gasteiger partial charge is 0.316 e. The molecule has 0 saturated heterocycles. The van der Waals surface area contributed by atoms with Crippen molar-refractivity contribution in [1.29, 1.82) is 0 Å². The molecule has 1 aromatic heterocycles. The molecule has 0 saturated carbocycles. The van der Waals surface area contributed by atoms with E-state index in [-0.39, 0.29) is 9.92 Å². The molecule has 2 rings (SSSR count). The van der Waals surface area contributed by atoms with E-state index in [4.69, 9.17) is 23.2 Å². The minimum absolute atomic E-state index is 0.0216. The molecule has 0 atom stereocenters. The first kappa shape index (κ1) is 16.5. The first-order chi connectivity index (χ1) is 9.83. The first-order valence-corrected chi connectivity index (χ1v) is 9.03. The van der Waals surface area contributed by atoms with Crippen LogP contribution in [0.3, 0.4) is 0 Å². The number of nitrogens with one attached hydrogen (secondary N) is 2. The lowest BCUT2D eigenvalue weighted by Gasteiger charge is -2.11. The fraction of sp³-hybridized carbons (Fsp3) is 0.250. The van der Waals surface area contributed by atoms with Crippen molar-refractivity contribution >= 4 is 49.7 Å². The molecule has 0 aliphatic carbocycles. The van der Waals surface area contributed by atoms with Gasteiger partial charge in [-0.1, -0.05) is 23.2 Å². The van der Waals surface area contributed by atoms with E-state index < -0.39 is 10.0 Å². The number of sulfonamides is 1. The summed E-state index contributed by atoms with van der Waals surface area (Å²) >= 11 is 13.3. The van der Waals surface area contributed by atoms with Gasteiger partial charge in [0.25, 0.3) is 10.0 Å². The summed E-state index contributed by atoms with van der Waals surface area (Å²) in [5.74, 6) is 0. The van der Waals surface area contributed by atoms with Crippen LogP contribution in [0.2, 0.25) is 10.0 Å². The Balaban J connectivity index is 2.41. The molecule has 0 amide bonds. The normalized spacial score (nSPS) is 11.6. The van der Waals surface area contributed by atoms with Crippen molar-refractivity contribution in [3.8, 4) is 0 Å². The topological polar surface area (TPSA) is 71.1 Å². The number of anilines is 1. The molecule has 0 bridgehead atoms. The van der Waals surface area contributed by atoms with Gasteiger partial charge < -0.3 is 5.32 Å². The maximum Gasteiger partial charge on any atom is 0.265 e. The summed E-state index contributed by atoms with van der Waals surface area (Å²) < 4.78 is 27.2. The molecule has 0 aliphatic rings. The van der Waals surface area contributed by atoms with E-state index >= 15 is 0 Å². The Bertz CT molecular complexity index is 760. The van der Waals surface area contributed by atoms with E-state index in [0.717, 1.165) is 5.69 Å². The van der Waals surface area contributed by atoms with Crippen LogP contribution in [0, 0.1) is 6.92 Å². The molecule has 5 nitrogen and oxygen atoms in total. The van der Waals surface area contributed by atoms with Crippen LogP contribution in [0.4, 0.5) is 5.13 Å². The van der Waals surface area contributed by atoms with E-state index in [9.17, 15) is 8.42 Å². The number of thiazole rings is 1. The predicted molar refractivity (Wildman–Crippen MR) is 86.9 cm³/mol. The summed E-state index contributed by atoms with van der Waals surface area (Å²) in [4.78, 5) is 4.05. The molecule has 0 unspecified atom stereocenters. The van der Waals surface area contributed by atoms with Crippen molar-refractivity contribution < 1.29 is 8.42 Å². The van der Waals surface area contributed by atoms with Crippen molar-refractivity contribution in [3.63, 3.8) is 0 Å². The summed E-state index contributed by atoms with van der Waals surface area (Å²) in [7, 11) is -2.06. The Kier molecular flexibility index (Phi) is 5.11. The van der Waals surface area contributed by atoms with Gasteiger partial charge in [0.1, 0.15) is 4.90 Å². The van der Waals surface area contributed by atoms with Crippen LogP contribution in [-0.2, 0) is 16.6 Å². The van der Waals surface area contributed by atoms with Gasteiger partial charge in [-0.15, -0.1) is 11.3 Å². The fourth-order valence-electron chi connectivity index (χ4n) is 1.67. The molecule has 0 spiro atoms. The number of hydrogen-bond acceptors (Lipinski definition) is 5. The van der Waals surface area contributed by atoms with Crippen molar-refractivity contribution in [2.45, 2.75) is 18.4 Å². The van der Waals surface area contributed by atoms with Crippen LogP contribution < -0.4 is 10.0 Å². The van der Waals surface area contributed by atoms with Gasteiger partial charge in [-0.2, -0.15) is 0 Å². The number of nitrogens with zero attached hydrogens (tertiary/aromatic N) is 1. The molecule has 2 N–H and O–H groups in total. The number of aryl methyl sites for hydroxylation is 1. The van der Waals surface area contributed by atoms with Gasteiger partial charge in [0, 0.05) is 16.9 Å². The van der Waals surface area contributed by atoms with Crippen molar-refractivity contribution in [2.24, 2.45) is 0 Å². The first-order valence-electron chi connectivity index (χ1n) is 5.91. The van der Waals surface area contributed by atoms with Gasteiger partial charge >= 0.3 is 0 Å².